The van der Waals surface area contributed by atoms with Crippen molar-refractivity contribution >= 4 is 21.8 Å². The van der Waals surface area contributed by atoms with E-state index in [9.17, 15) is 0 Å². The summed E-state index contributed by atoms with van der Waals surface area (Å²) in [6.07, 6.45) is 3.80. The van der Waals surface area contributed by atoms with Gasteiger partial charge in [0.2, 0.25) is 0 Å². The maximum Gasteiger partial charge on any atom is 2.00 e. The summed E-state index contributed by atoms with van der Waals surface area (Å²) >= 11 is 0. The third kappa shape index (κ3) is 6.68. The van der Waals surface area contributed by atoms with Crippen LogP contribution in [-0.4, -0.2) is 19.3 Å². The van der Waals surface area contributed by atoms with E-state index in [2.05, 4.69) is 150 Å². The predicted octanol–water partition coefficient (Wildman–Crippen LogP) is 11.3. The first kappa shape index (κ1) is 35.3. The van der Waals surface area contributed by atoms with Gasteiger partial charge in [-0.3, -0.25) is 4.68 Å². The molecule has 4 aromatic carbocycles. The van der Waals surface area contributed by atoms with Crippen LogP contribution in [0.4, 0.5) is 0 Å². The Morgan fingerprint density at radius 1 is 0.760 bits per heavy atom. The van der Waals surface area contributed by atoms with Crippen LogP contribution in [0.5, 0.6) is 11.5 Å². The molecule has 3 heterocycles. The van der Waals surface area contributed by atoms with E-state index in [1.807, 2.05) is 24.4 Å². The standard InChI is InChI=1S/C44H44N4O.Pd/c1-9-13-37-41(30-20-18-29(2)19-21-30)42(44(6,7)8)48(46-37)32-14-12-15-33(27-32)49-34-22-23-36-35-16-10-11-17-38(35)47(39(36)28-34)40-26-31(24-25-45-40)43(3,4)5;/h10-12,14-26H,9,13H2,1-8H3;/q-2;+2. The summed E-state index contributed by atoms with van der Waals surface area (Å²) in [6.45, 7) is 17.8. The van der Waals surface area contributed by atoms with Crippen LogP contribution in [0, 0.1) is 19.1 Å². The number of pyridine rings is 1. The predicted molar refractivity (Wildman–Crippen MR) is 201 cm³/mol. The number of ether oxygens (including phenoxy) is 1. The van der Waals surface area contributed by atoms with Crippen LogP contribution in [0.2, 0.25) is 0 Å². The molecule has 0 bridgehead atoms. The van der Waals surface area contributed by atoms with Crippen molar-refractivity contribution in [3.8, 4) is 34.1 Å². The average molecular weight is 751 g/mol. The summed E-state index contributed by atoms with van der Waals surface area (Å²) in [6, 6.07) is 38.8. The summed E-state index contributed by atoms with van der Waals surface area (Å²) in [4.78, 5) is 4.82. The van der Waals surface area contributed by atoms with E-state index in [1.165, 1.54) is 22.3 Å². The Morgan fingerprint density at radius 3 is 2.22 bits per heavy atom. The number of nitrogens with zero attached hydrogens (tertiary/aromatic N) is 4. The van der Waals surface area contributed by atoms with Crippen molar-refractivity contribution in [3.63, 3.8) is 0 Å². The molecule has 7 rings (SSSR count). The Balaban J connectivity index is 0.00000432. The Hall–Kier alpha value is -4.50. The zero-order chi connectivity index (χ0) is 34.5. The van der Waals surface area contributed by atoms with Gasteiger partial charge in [-0.1, -0.05) is 108 Å². The molecule has 0 aliphatic carbocycles. The normalized spacial score (nSPS) is 12.0. The maximum absolute atomic E-state index is 6.54. The maximum atomic E-state index is 6.54. The van der Waals surface area contributed by atoms with E-state index >= 15 is 0 Å². The van der Waals surface area contributed by atoms with E-state index in [1.54, 1.807) is 0 Å². The molecule has 256 valence electrons. The fourth-order valence-corrected chi connectivity index (χ4v) is 6.68. The number of aromatic nitrogens is 4. The van der Waals surface area contributed by atoms with Crippen LogP contribution in [0.3, 0.4) is 0 Å². The zero-order valence-corrected chi connectivity index (χ0v) is 31.7. The van der Waals surface area contributed by atoms with Crippen molar-refractivity contribution in [2.75, 3.05) is 0 Å². The summed E-state index contributed by atoms with van der Waals surface area (Å²) in [7, 11) is 0. The van der Waals surface area contributed by atoms with Gasteiger partial charge in [-0.2, -0.15) is 17.2 Å². The fourth-order valence-electron chi connectivity index (χ4n) is 6.68. The SMILES string of the molecule is CCCc1nn(-c2[c-]c(Oc3[c-]c4c(cc3)c3ccccc3n4-c3cc(C(C)(C)C)ccn3)ccc2)c(C(C)(C)C)c1-c1ccc(C)cc1.[Pd+2]. The van der Waals surface area contributed by atoms with E-state index in [-0.39, 0.29) is 31.3 Å². The Bertz CT molecular complexity index is 2300. The molecule has 0 fully saturated rings. The van der Waals surface area contributed by atoms with Gasteiger partial charge in [0.15, 0.2) is 0 Å². The van der Waals surface area contributed by atoms with Crippen LogP contribution in [0.1, 0.15) is 77.4 Å². The van der Waals surface area contributed by atoms with Crippen LogP contribution in [-0.2, 0) is 37.7 Å². The largest absolute Gasteiger partial charge is 2.00 e. The van der Waals surface area contributed by atoms with Crippen molar-refractivity contribution in [3.05, 3.63) is 132 Å². The van der Waals surface area contributed by atoms with Crippen LogP contribution in [0.15, 0.2) is 97.2 Å². The number of aryl methyl sites for hydroxylation is 2. The van der Waals surface area contributed by atoms with Crippen molar-refractivity contribution in [2.45, 2.75) is 79.1 Å². The molecule has 0 amide bonds. The molecular formula is C44H44N4OPd. The van der Waals surface area contributed by atoms with Gasteiger partial charge in [0, 0.05) is 34.2 Å². The first-order valence-corrected chi connectivity index (χ1v) is 17.2. The van der Waals surface area contributed by atoms with Crippen LogP contribution >= 0.6 is 0 Å². The molecule has 0 saturated heterocycles. The van der Waals surface area contributed by atoms with Crippen molar-refractivity contribution in [1.82, 2.24) is 19.3 Å². The fraction of sp³-hybridized carbons (Fsp3) is 0.273. The molecule has 0 N–H and O–H groups in total. The molecule has 0 unspecified atom stereocenters. The topological polar surface area (TPSA) is 44.9 Å². The van der Waals surface area contributed by atoms with Gasteiger partial charge in [0.25, 0.3) is 0 Å². The molecule has 3 aromatic heterocycles. The van der Waals surface area contributed by atoms with Gasteiger partial charge in [0.1, 0.15) is 5.82 Å². The third-order valence-electron chi connectivity index (χ3n) is 9.09. The zero-order valence-electron chi connectivity index (χ0n) is 30.2. The summed E-state index contributed by atoms with van der Waals surface area (Å²) in [5.41, 5.74) is 9.81. The average Bonchev–Trinajstić information content (AvgIpc) is 3.61. The van der Waals surface area contributed by atoms with Gasteiger partial charge < -0.3 is 9.30 Å². The van der Waals surface area contributed by atoms with Crippen LogP contribution < -0.4 is 4.74 Å². The summed E-state index contributed by atoms with van der Waals surface area (Å²) in [5, 5.41) is 7.48. The molecule has 0 aliphatic rings. The van der Waals surface area contributed by atoms with Crippen LogP contribution in [0.25, 0.3) is 44.4 Å². The number of benzene rings is 4. The molecule has 0 saturated carbocycles. The molecule has 6 heteroatoms. The van der Waals surface area contributed by atoms with E-state index in [4.69, 9.17) is 14.8 Å². The molecule has 0 atom stereocenters. The monoisotopic (exact) mass is 750 g/mol. The molecule has 5 nitrogen and oxygen atoms in total. The Morgan fingerprint density at radius 2 is 1.50 bits per heavy atom. The number of fused-ring (bicyclic) bond motifs is 3. The number of hydrogen-bond acceptors (Lipinski definition) is 3. The first-order valence-electron chi connectivity index (χ1n) is 17.2. The Labute approximate surface area is 310 Å². The van der Waals surface area contributed by atoms with E-state index in [0.29, 0.717) is 11.5 Å². The van der Waals surface area contributed by atoms with Gasteiger partial charge >= 0.3 is 20.4 Å². The second-order valence-corrected chi connectivity index (χ2v) is 15.0. The minimum absolute atomic E-state index is 0. The molecule has 0 spiro atoms. The second-order valence-electron chi connectivity index (χ2n) is 15.0. The smallest absolute Gasteiger partial charge is 0.509 e. The molecule has 50 heavy (non-hydrogen) atoms. The van der Waals surface area contributed by atoms with Crippen molar-refractivity contribution < 1.29 is 25.2 Å². The van der Waals surface area contributed by atoms with Gasteiger partial charge in [0.05, 0.1) is 11.4 Å². The van der Waals surface area contributed by atoms with Crippen molar-refractivity contribution in [2.24, 2.45) is 0 Å². The first-order chi connectivity index (χ1) is 23.4. The number of para-hydroxylation sites is 1. The number of hydrogen-bond donors (Lipinski definition) is 0. The minimum Gasteiger partial charge on any atom is -0.509 e. The molecular weight excluding hydrogens is 707 g/mol. The van der Waals surface area contributed by atoms with Gasteiger partial charge in [-0.25, -0.2) is 4.98 Å². The molecule has 0 aliphatic heterocycles. The number of rotatable bonds is 7. The summed E-state index contributed by atoms with van der Waals surface area (Å²) < 4.78 is 10.8. The van der Waals surface area contributed by atoms with Crippen molar-refractivity contribution in [1.29, 1.82) is 0 Å². The van der Waals surface area contributed by atoms with E-state index in [0.717, 1.165) is 57.5 Å². The quantitative estimate of drug-likeness (QED) is 0.120. The second kappa shape index (κ2) is 13.7. The molecule has 0 radical (unpaired) electrons. The third-order valence-corrected chi connectivity index (χ3v) is 9.09. The minimum atomic E-state index is -0.172. The van der Waals surface area contributed by atoms with Gasteiger partial charge in [-0.15, -0.1) is 35.7 Å². The Kier molecular flexibility index (Phi) is 9.66. The molecule has 7 aromatic rings. The summed E-state index contributed by atoms with van der Waals surface area (Å²) in [5.74, 6) is 2.08. The van der Waals surface area contributed by atoms with E-state index < -0.39 is 0 Å². The van der Waals surface area contributed by atoms with Gasteiger partial charge in [-0.05, 0) is 59.2 Å².